The summed E-state index contributed by atoms with van der Waals surface area (Å²) in [7, 11) is 1.72. The number of methoxy groups -OCH3 is 1. The van der Waals surface area contributed by atoms with Crippen LogP contribution in [0.4, 0.5) is 11.5 Å². The summed E-state index contributed by atoms with van der Waals surface area (Å²) < 4.78 is 7.31. The van der Waals surface area contributed by atoms with Gasteiger partial charge in [-0.2, -0.15) is 15.9 Å². The van der Waals surface area contributed by atoms with E-state index in [2.05, 4.69) is 31.9 Å². The molecule has 8 heteroatoms. The summed E-state index contributed by atoms with van der Waals surface area (Å²) in [5, 5.41) is 20.9. The average Bonchev–Trinajstić information content (AvgIpc) is 3.48. The monoisotopic (exact) mass is 392 g/mol. The van der Waals surface area contributed by atoms with E-state index in [9.17, 15) is 0 Å². The molecule has 1 aliphatic rings. The Morgan fingerprint density at radius 2 is 2.07 bits per heavy atom. The first-order valence-corrected chi connectivity index (χ1v) is 10.2. The molecule has 5 rings (SSSR count). The van der Waals surface area contributed by atoms with E-state index in [1.807, 2.05) is 41.8 Å². The number of thiophene rings is 1. The molecule has 7 nitrogen and oxygen atoms in total. The van der Waals surface area contributed by atoms with Gasteiger partial charge in [-0.1, -0.05) is 12.1 Å². The minimum Gasteiger partial charge on any atom is -0.495 e. The number of fused-ring (bicyclic) bond motifs is 1. The third kappa shape index (κ3) is 3.05. The van der Waals surface area contributed by atoms with Gasteiger partial charge in [0.1, 0.15) is 11.6 Å². The van der Waals surface area contributed by atoms with Crippen molar-refractivity contribution >= 4 is 28.5 Å². The van der Waals surface area contributed by atoms with Crippen LogP contribution in [0.5, 0.6) is 5.75 Å². The molecule has 1 N–H and O–H groups in total. The molecule has 1 atom stereocenters. The number of anilines is 2. The molecule has 4 heterocycles. The molecule has 0 spiro atoms. The van der Waals surface area contributed by atoms with Crippen LogP contribution in [0.2, 0.25) is 0 Å². The summed E-state index contributed by atoms with van der Waals surface area (Å²) in [6.45, 7) is 1.88. The molecule has 1 fully saturated rings. The first kappa shape index (κ1) is 17.0. The predicted molar refractivity (Wildman–Crippen MR) is 111 cm³/mol. The molecule has 28 heavy (non-hydrogen) atoms. The van der Waals surface area contributed by atoms with E-state index in [1.54, 1.807) is 23.0 Å². The van der Waals surface area contributed by atoms with Gasteiger partial charge in [0.15, 0.2) is 11.5 Å². The number of para-hydroxylation sites is 2. The van der Waals surface area contributed by atoms with Gasteiger partial charge in [-0.15, -0.1) is 15.3 Å². The second kappa shape index (κ2) is 7.12. The molecule has 0 aliphatic carbocycles. The van der Waals surface area contributed by atoms with Crippen molar-refractivity contribution in [1.82, 2.24) is 19.8 Å². The van der Waals surface area contributed by atoms with Crippen molar-refractivity contribution in [2.24, 2.45) is 0 Å². The highest BCUT2D eigenvalue weighted by Gasteiger charge is 2.25. The van der Waals surface area contributed by atoms with Crippen LogP contribution in [-0.2, 0) is 0 Å². The fourth-order valence-corrected chi connectivity index (χ4v) is 4.27. The van der Waals surface area contributed by atoms with Gasteiger partial charge in [0.05, 0.1) is 12.8 Å². The number of nitrogens with one attached hydrogen (secondary N) is 1. The molecule has 0 amide bonds. The highest BCUT2D eigenvalue weighted by molar-refractivity contribution is 7.08. The maximum Gasteiger partial charge on any atom is 0.186 e. The summed E-state index contributed by atoms with van der Waals surface area (Å²) >= 11 is 1.64. The molecular formula is C20H20N6OS. The van der Waals surface area contributed by atoms with Crippen molar-refractivity contribution in [1.29, 1.82) is 0 Å². The van der Waals surface area contributed by atoms with Crippen LogP contribution in [0.15, 0.2) is 53.2 Å². The lowest BCUT2D eigenvalue weighted by molar-refractivity contribution is 0.415. The fraction of sp³-hybridized carbons (Fsp3) is 0.250. The van der Waals surface area contributed by atoms with Gasteiger partial charge in [-0.05, 0) is 42.1 Å². The third-order valence-corrected chi connectivity index (χ3v) is 5.69. The Hall–Kier alpha value is -3.13. The lowest BCUT2D eigenvalue weighted by Crippen LogP contribution is -2.26. The molecule has 3 aromatic heterocycles. The van der Waals surface area contributed by atoms with E-state index in [1.165, 1.54) is 0 Å². The lowest BCUT2D eigenvalue weighted by Gasteiger charge is -2.21. The highest BCUT2D eigenvalue weighted by Crippen LogP contribution is 2.31. The van der Waals surface area contributed by atoms with Gasteiger partial charge >= 0.3 is 0 Å². The first-order chi connectivity index (χ1) is 13.8. The maximum atomic E-state index is 5.51. The summed E-state index contributed by atoms with van der Waals surface area (Å²) in [5.41, 5.74) is 2.91. The minimum absolute atomic E-state index is 0.316. The largest absolute Gasteiger partial charge is 0.495 e. The van der Waals surface area contributed by atoms with Crippen molar-refractivity contribution in [3.05, 3.63) is 53.2 Å². The Morgan fingerprint density at radius 3 is 2.93 bits per heavy atom. The van der Waals surface area contributed by atoms with Crippen LogP contribution in [0.3, 0.4) is 0 Å². The first-order valence-electron chi connectivity index (χ1n) is 9.21. The quantitative estimate of drug-likeness (QED) is 0.560. The Balaban J connectivity index is 1.35. The molecule has 4 aromatic rings. The second-order valence-corrected chi connectivity index (χ2v) is 7.55. The number of ether oxygens (including phenoxy) is 1. The Morgan fingerprint density at radius 1 is 1.14 bits per heavy atom. The summed E-state index contributed by atoms with van der Waals surface area (Å²) in [6, 6.07) is 14.4. The zero-order valence-electron chi connectivity index (χ0n) is 15.4. The van der Waals surface area contributed by atoms with Crippen LogP contribution in [0, 0.1) is 0 Å². The minimum atomic E-state index is 0.316. The van der Waals surface area contributed by atoms with Crippen LogP contribution in [-0.4, -0.2) is 46.1 Å². The average molecular weight is 392 g/mol. The maximum absolute atomic E-state index is 5.51. The molecule has 0 bridgehead atoms. The molecule has 142 valence electrons. The molecule has 1 unspecified atom stereocenters. The number of rotatable bonds is 5. The SMILES string of the molecule is COc1ccccc1N1CCC(Nc2ccc3nnc(-c4ccsc4)n3n2)C1. The number of hydrogen-bond acceptors (Lipinski definition) is 7. The lowest BCUT2D eigenvalue weighted by atomic mass is 10.2. The van der Waals surface area contributed by atoms with E-state index in [4.69, 9.17) is 9.84 Å². The molecule has 1 saturated heterocycles. The second-order valence-electron chi connectivity index (χ2n) is 6.77. The van der Waals surface area contributed by atoms with E-state index < -0.39 is 0 Å². The number of aromatic nitrogens is 4. The summed E-state index contributed by atoms with van der Waals surface area (Å²) in [4.78, 5) is 2.35. The molecule has 1 aliphatic heterocycles. The van der Waals surface area contributed by atoms with Gasteiger partial charge < -0.3 is 15.0 Å². The normalized spacial score (nSPS) is 16.6. The number of nitrogens with zero attached hydrogens (tertiary/aromatic N) is 5. The number of hydrogen-bond donors (Lipinski definition) is 1. The molecular weight excluding hydrogens is 372 g/mol. The van der Waals surface area contributed by atoms with Gasteiger partial charge in [-0.25, -0.2) is 0 Å². The number of benzene rings is 1. The van der Waals surface area contributed by atoms with Crippen molar-refractivity contribution in [3.8, 4) is 17.1 Å². The Labute approximate surface area is 166 Å². The Kier molecular flexibility index (Phi) is 4.32. The van der Waals surface area contributed by atoms with Crippen LogP contribution in [0.25, 0.3) is 17.0 Å². The van der Waals surface area contributed by atoms with Crippen molar-refractivity contribution < 1.29 is 4.74 Å². The molecule has 1 aromatic carbocycles. The van der Waals surface area contributed by atoms with Gasteiger partial charge in [0.25, 0.3) is 0 Å². The highest BCUT2D eigenvalue weighted by atomic mass is 32.1. The standard InChI is InChI=1S/C20H20N6OS/c1-27-17-5-3-2-4-16(17)25-10-8-15(12-25)21-18-6-7-19-22-23-20(26(19)24-18)14-9-11-28-13-14/h2-7,9,11,13,15H,8,10,12H2,1H3,(H,21,24). The van der Waals surface area contributed by atoms with E-state index in [-0.39, 0.29) is 0 Å². The zero-order valence-corrected chi connectivity index (χ0v) is 16.3. The van der Waals surface area contributed by atoms with Gasteiger partial charge in [-0.3, -0.25) is 0 Å². The van der Waals surface area contributed by atoms with Gasteiger partial charge in [0, 0.05) is 30.1 Å². The van der Waals surface area contributed by atoms with Gasteiger partial charge in [0.2, 0.25) is 0 Å². The smallest absolute Gasteiger partial charge is 0.186 e. The zero-order chi connectivity index (χ0) is 18.9. The van der Waals surface area contributed by atoms with Crippen LogP contribution >= 0.6 is 11.3 Å². The molecule has 0 radical (unpaired) electrons. The summed E-state index contributed by atoms with van der Waals surface area (Å²) in [6.07, 6.45) is 1.04. The molecule has 0 saturated carbocycles. The van der Waals surface area contributed by atoms with E-state index in [0.717, 1.165) is 53.8 Å². The van der Waals surface area contributed by atoms with E-state index in [0.29, 0.717) is 6.04 Å². The Bertz CT molecular complexity index is 1090. The van der Waals surface area contributed by atoms with Crippen LogP contribution < -0.4 is 15.0 Å². The predicted octanol–water partition coefficient (Wildman–Crippen LogP) is 3.55. The third-order valence-electron chi connectivity index (χ3n) is 5.01. The topological polar surface area (TPSA) is 67.6 Å². The van der Waals surface area contributed by atoms with E-state index >= 15 is 0 Å². The summed E-state index contributed by atoms with van der Waals surface area (Å²) in [5.74, 6) is 2.50. The van der Waals surface area contributed by atoms with Crippen LogP contribution in [0.1, 0.15) is 6.42 Å². The fourth-order valence-electron chi connectivity index (χ4n) is 3.63. The van der Waals surface area contributed by atoms with Crippen molar-refractivity contribution in [3.63, 3.8) is 0 Å². The van der Waals surface area contributed by atoms with Crippen molar-refractivity contribution in [2.45, 2.75) is 12.5 Å². The van der Waals surface area contributed by atoms with Crippen molar-refractivity contribution in [2.75, 3.05) is 30.4 Å².